The number of hydrogen-bond acceptors (Lipinski definition) is 4. The van der Waals surface area contributed by atoms with Crippen molar-refractivity contribution in [1.82, 2.24) is 5.32 Å². The molecule has 0 bridgehead atoms. The lowest BCUT2D eigenvalue weighted by Gasteiger charge is -2.24. The molecule has 2 heterocycles. The Hall–Kier alpha value is -2.56. The quantitative estimate of drug-likeness (QED) is 0.884. The smallest absolute Gasteiger partial charge is 0.339 e. The molecule has 0 fully saturated rings. The molecule has 0 radical (unpaired) electrons. The van der Waals surface area contributed by atoms with Gasteiger partial charge in [-0.15, -0.1) is 0 Å². The summed E-state index contributed by atoms with van der Waals surface area (Å²) >= 11 is 0. The SMILES string of the molecule is Cc1ccc([C@@H](C)NC(=O)[C@@H]2Cc3ccccc3C(=O)O2)o1. The molecule has 22 heavy (non-hydrogen) atoms. The van der Waals surface area contributed by atoms with Crippen molar-refractivity contribution in [3.05, 3.63) is 59.0 Å². The van der Waals surface area contributed by atoms with E-state index in [1.807, 2.05) is 38.1 Å². The molecule has 1 N–H and O–H groups in total. The molecule has 0 spiro atoms. The molecule has 5 heteroatoms. The monoisotopic (exact) mass is 299 g/mol. The highest BCUT2D eigenvalue weighted by Crippen LogP contribution is 2.22. The van der Waals surface area contributed by atoms with Crippen LogP contribution < -0.4 is 5.32 Å². The summed E-state index contributed by atoms with van der Waals surface area (Å²) in [4.78, 5) is 24.3. The standard InChI is InChI=1S/C17H17NO4/c1-10-7-8-14(21-10)11(2)18-16(19)15-9-12-5-3-4-6-13(12)17(20)22-15/h3-8,11,15H,9H2,1-2H3,(H,18,19)/t11-,15+/m1/s1. The fraction of sp³-hybridized carbons (Fsp3) is 0.294. The minimum absolute atomic E-state index is 0.280. The minimum atomic E-state index is -0.805. The van der Waals surface area contributed by atoms with Crippen LogP contribution in [0.4, 0.5) is 0 Å². The number of nitrogens with one attached hydrogen (secondary N) is 1. The van der Waals surface area contributed by atoms with E-state index in [9.17, 15) is 9.59 Å². The maximum absolute atomic E-state index is 12.3. The average Bonchev–Trinajstić information content (AvgIpc) is 2.94. The Bertz CT molecular complexity index is 719. The van der Waals surface area contributed by atoms with Gasteiger partial charge < -0.3 is 14.5 Å². The molecular formula is C17H17NO4. The van der Waals surface area contributed by atoms with E-state index < -0.39 is 12.1 Å². The van der Waals surface area contributed by atoms with Crippen LogP contribution in [-0.2, 0) is 16.0 Å². The zero-order valence-corrected chi connectivity index (χ0v) is 12.5. The first kappa shape index (κ1) is 14.4. The molecule has 0 saturated carbocycles. The van der Waals surface area contributed by atoms with E-state index in [1.165, 1.54) is 0 Å². The molecule has 5 nitrogen and oxygen atoms in total. The highest BCUT2D eigenvalue weighted by molar-refractivity contribution is 5.95. The average molecular weight is 299 g/mol. The van der Waals surface area contributed by atoms with Gasteiger partial charge in [0.2, 0.25) is 0 Å². The van der Waals surface area contributed by atoms with Gasteiger partial charge in [0.25, 0.3) is 5.91 Å². The third-order valence-corrected chi connectivity index (χ3v) is 3.73. The molecule has 114 valence electrons. The first-order chi connectivity index (χ1) is 10.5. The molecule has 1 amide bonds. The largest absolute Gasteiger partial charge is 0.464 e. The number of aryl methyl sites for hydroxylation is 1. The number of hydrogen-bond donors (Lipinski definition) is 1. The number of furan rings is 1. The minimum Gasteiger partial charge on any atom is -0.464 e. The van der Waals surface area contributed by atoms with Crippen molar-refractivity contribution in [3.8, 4) is 0 Å². The van der Waals surface area contributed by atoms with Gasteiger partial charge in [-0.25, -0.2) is 4.79 Å². The van der Waals surface area contributed by atoms with Crippen LogP contribution in [0.25, 0.3) is 0 Å². The van der Waals surface area contributed by atoms with Crippen LogP contribution in [0, 0.1) is 6.92 Å². The zero-order valence-electron chi connectivity index (χ0n) is 12.5. The van der Waals surface area contributed by atoms with Gasteiger partial charge in [-0.2, -0.15) is 0 Å². The van der Waals surface area contributed by atoms with E-state index in [2.05, 4.69) is 5.32 Å². The number of carbonyl (C=O) groups excluding carboxylic acids is 2. The highest BCUT2D eigenvalue weighted by atomic mass is 16.5. The molecule has 3 rings (SSSR count). The fourth-order valence-corrected chi connectivity index (χ4v) is 2.54. The van der Waals surface area contributed by atoms with Gasteiger partial charge in [0.15, 0.2) is 6.10 Å². The van der Waals surface area contributed by atoms with Gasteiger partial charge in [-0.05, 0) is 37.6 Å². The summed E-state index contributed by atoms with van der Waals surface area (Å²) < 4.78 is 10.7. The van der Waals surface area contributed by atoms with Gasteiger partial charge in [0, 0.05) is 6.42 Å². The number of cyclic esters (lactones) is 1. The molecular weight excluding hydrogens is 282 g/mol. The second-order valence-electron chi connectivity index (χ2n) is 5.43. The van der Waals surface area contributed by atoms with Crippen molar-refractivity contribution >= 4 is 11.9 Å². The van der Waals surface area contributed by atoms with Crippen LogP contribution >= 0.6 is 0 Å². The van der Waals surface area contributed by atoms with Crippen LogP contribution in [0.3, 0.4) is 0 Å². The van der Waals surface area contributed by atoms with Crippen molar-refractivity contribution in [2.24, 2.45) is 0 Å². The molecule has 0 unspecified atom stereocenters. The van der Waals surface area contributed by atoms with E-state index in [1.54, 1.807) is 12.1 Å². The Balaban J connectivity index is 1.70. The van der Waals surface area contributed by atoms with E-state index in [-0.39, 0.29) is 11.9 Å². The zero-order chi connectivity index (χ0) is 15.7. The number of rotatable bonds is 3. The lowest BCUT2D eigenvalue weighted by molar-refractivity contribution is -0.131. The van der Waals surface area contributed by atoms with E-state index in [4.69, 9.17) is 9.15 Å². The number of benzene rings is 1. The van der Waals surface area contributed by atoms with Crippen LogP contribution in [0.1, 0.15) is 40.4 Å². The number of carbonyl (C=O) groups is 2. The number of ether oxygens (including phenoxy) is 1. The van der Waals surface area contributed by atoms with Gasteiger partial charge in [-0.3, -0.25) is 4.79 Å². The first-order valence-electron chi connectivity index (χ1n) is 7.20. The molecule has 0 saturated heterocycles. The number of esters is 1. The van der Waals surface area contributed by atoms with E-state index >= 15 is 0 Å². The van der Waals surface area contributed by atoms with Crippen molar-refractivity contribution < 1.29 is 18.7 Å². The first-order valence-corrected chi connectivity index (χ1v) is 7.20. The molecule has 1 aliphatic rings. The van der Waals surface area contributed by atoms with E-state index in [0.29, 0.717) is 17.7 Å². The lowest BCUT2D eigenvalue weighted by atomic mass is 9.98. The van der Waals surface area contributed by atoms with Crippen LogP contribution in [0.5, 0.6) is 0 Å². The summed E-state index contributed by atoms with van der Waals surface area (Å²) in [6.07, 6.45) is -0.418. The molecule has 1 aromatic heterocycles. The second kappa shape index (κ2) is 5.67. The van der Waals surface area contributed by atoms with Crippen molar-refractivity contribution in [2.75, 3.05) is 0 Å². The van der Waals surface area contributed by atoms with Gasteiger partial charge in [-0.1, -0.05) is 18.2 Å². The second-order valence-corrected chi connectivity index (χ2v) is 5.43. The van der Waals surface area contributed by atoms with Gasteiger partial charge in [0.1, 0.15) is 11.5 Å². The molecule has 2 aromatic rings. The van der Waals surface area contributed by atoms with Crippen LogP contribution in [0.15, 0.2) is 40.8 Å². The predicted molar refractivity (Wildman–Crippen MR) is 79.4 cm³/mol. The summed E-state index contributed by atoms with van der Waals surface area (Å²) in [6, 6.07) is 10.6. The topological polar surface area (TPSA) is 68.5 Å². The third-order valence-electron chi connectivity index (χ3n) is 3.73. The Labute approximate surface area is 128 Å². The van der Waals surface area contributed by atoms with E-state index in [0.717, 1.165) is 11.3 Å². The van der Waals surface area contributed by atoms with Gasteiger partial charge in [0.05, 0.1) is 11.6 Å². The maximum atomic E-state index is 12.3. The molecule has 0 aliphatic carbocycles. The molecule has 1 aliphatic heterocycles. The maximum Gasteiger partial charge on any atom is 0.339 e. The third kappa shape index (κ3) is 2.74. The normalized spacial score (nSPS) is 18.3. The van der Waals surface area contributed by atoms with Crippen molar-refractivity contribution in [1.29, 1.82) is 0 Å². The summed E-state index contributed by atoms with van der Waals surface area (Å²) in [6.45, 7) is 3.67. The molecule has 1 aromatic carbocycles. The number of amides is 1. The van der Waals surface area contributed by atoms with Crippen LogP contribution in [-0.4, -0.2) is 18.0 Å². The predicted octanol–water partition coefficient (Wildman–Crippen LogP) is 2.55. The highest BCUT2D eigenvalue weighted by Gasteiger charge is 2.31. The van der Waals surface area contributed by atoms with Crippen molar-refractivity contribution in [3.63, 3.8) is 0 Å². The van der Waals surface area contributed by atoms with Crippen LogP contribution in [0.2, 0.25) is 0 Å². The summed E-state index contributed by atoms with van der Waals surface area (Å²) in [7, 11) is 0. The Morgan fingerprint density at radius 3 is 2.77 bits per heavy atom. The summed E-state index contributed by atoms with van der Waals surface area (Å²) in [5.41, 5.74) is 1.36. The lowest BCUT2D eigenvalue weighted by Crippen LogP contribution is -2.42. The van der Waals surface area contributed by atoms with Gasteiger partial charge >= 0.3 is 5.97 Å². The molecule has 2 atom stereocenters. The Morgan fingerprint density at radius 2 is 2.05 bits per heavy atom. The Kier molecular flexibility index (Phi) is 3.71. The summed E-state index contributed by atoms with van der Waals surface area (Å²) in [5, 5.41) is 2.82. The Morgan fingerprint density at radius 1 is 1.27 bits per heavy atom. The summed E-state index contributed by atoms with van der Waals surface area (Å²) in [5.74, 6) is 0.690. The fourth-order valence-electron chi connectivity index (χ4n) is 2.54. The number of fused-ring (bicyclic) bond motifs is 1. The van der Waals surface area contributed by atoms with Crippen molar-refractivity contribution in [2.45, 2.75) is 32.4 Å².